The number of oxazole rings is 1. The second kappa shape index (κ2) is 11.6. The third-order valence-electron chi connectivity index (χ3n) is 10.5. The molecule has 0 spiro atoms. The van der Waals surface area contributed by atoms with Crippen molar-refractivity contribution in [2.75, 3.05) is 27.2 Å². The maximum atomic E-state index is 12.6. The predicted octanol–water partition coefficient (Wildman–Crippen LogP) is 6.23. The van der Waals surface area contributed by atoms with E-state index in [-0.39, 0.29) is 11.9 Å². The van der Waals surface area contributed by atoms with E-state index < -0.39 is 11.4 Å². The van der Waals surface area contributed by atoms with E-state index in [0.717, 1.165) is 54.5 Å². The fraction of sp³-hybridized carbons (Fsp3) is 0.342. The first-order chi connectivity index (χ1) is 23.5. The number of nitrogens with zero attached hydrogens (tertiary/aromatic N) is 6. The van der Waals surface area contributed by atoms with E-state index in [1.165, 1.54) is 0 Å². The summed E-state index contributed by atoms with van der Waals surface area (Å²) in [4.78, 5) is 41.4. The lowest BCUT2D eigenvalue weighted by atomic mass is 9.70. The van der Waals surface area contributed by atoms with Gasteiger partial charge in [-0.15, -0.1) is 11.3 Å². The molecule has 1 N–H and O–H groups in total. The number of thiazole rings is 1. The number of benzene rings is 3. The highest BCUT2D eigenvalue weighted by atomic mass is 32.1. The first-order valence-electron chi connectivity index (χ1n) is 16.5. The first kappa shape index (κ1) is 31.4. The van der Waals surface area contributed by atoms with Crippen molar-refractivity contribution in [2.24, 2.45) is 5.41 Å². The monoisotopic (exact) mass is 672 g/mol. The lowest BCUT2D eigenvalue weighted by Crippen LogP contribution is -2.40. The van der Waals surface area contributed by atoms with Gasteiger partial charge < -0.3 is 19.3 Å². The number of aromatic nitrogens is 2. The Labute approximate surface area is 288 Å². The summed E-state index contributed by atoms with van der Waals surface area (Å²) >= 11 is 1.66. The van der Waals surface area contributed by atoms with E-state index in [1.807, 2.05) is 48.2 Å². The molecule has 3 aromatic carbocycles. The van der Waals surface area contributed by atoms with Crippen LogP contribution in [0.15, 0.2) is 52.9 Å². The number of amides is 1. The quantitative estimate of drug-likeness (QED) is 0.204. The number of hydrogen-bond donors (Lipinski definition) is 1. The average Bonchev–Trinajstić information content (AvgIpc) is 3.86. The van der Waals surface area contributed by atoms with Gasteiger partial charge in [0.25, 0.3) is 0 Å². The summed E-state index contributed by atoms with van der Waals surface area (Å²) in [5.41, 5.74) is 8.99. The topological polar surface area (TPSA) is 127 Å². The smallest absolute Gasteiger partial charge is 0.311 e. The van der Waals surface area contributed by atoms with Crippen LogP contribution in [0, 0.1) is 30.6 Å². The van der Waals surface area contributed by atoms with Crippen LogP contribution in [0.1, 0.15) is 45.7 Å². The molecule has 2 bridgehead atoms. The highest BCUT2D eigenvalue weighted by molar-refractivity contribution is 7.15. The molecule has 2 aromatic heterocycles. The molecule has 49 heavy (non-hydrogen) atoms. The second-order valence-electron chi connectivity index (χ2n) is 14.0. The second-order valence-corrected chi connectivity index (χ2v) is 15.1. The Morgan fingerprint density at radius 2 is 1.73 bits per heavy atom. The van der Waals surface area contributed by atoms with Crippen molar-refractivity contribution in [3.8, 4) is 39.2 Å². The Morgan fingerprint density at radius 3 is 2.39 bits per heavy atom. The fourth-order valence-corrected chi connectivity index (χ4v) is 8.98. The van der Waals surface area contributed by atoms with Gasteiger partial charge in [0.1, 0.15) is 16.6 Å². The van der Waals surface area contributed by atoms with Crippen molar-refractivity contribution in [1.82, 2.24) is 24.7 Å². The van der Waals surface area contributed by atoms with Crippen LogP contribution >= 0.6 is 11.3 Å². The molecular weight excluding hydrogens is 637 g/mol. The molecule has 0 radical (unpaired) electrons. The van der Waals surface area contributed by atoms with Crippen molar-refractivity contribution in [1.29, 1.82) is 5.26 Å². The number of rotatable bonds is 8. The van der Waals surface area contributed by atoms with Crippen LogP contribution < -0.4 is 0 Å². The van der Waals surface area contributed by atoms with E-state index in [9.17, 15) is 20.0 Å². The highest BCUT2D eigenvalue weighted by Crippen LogP contribution is 2.52. The molecule has 11 heteroatoms. The van der Waals surface area contributed by atoms with E-state index in [0.29, 0.717) is 68.1 Å². The van der Waals surface area contributed by atoms with Gasteiger partial charge in [0.2, 0.25) is 11.8 Å². The molecule has 4 aliphatic rings. The summed E-state index contributed by atoms with van der Waals surface area (Å²) < 4.78 is 6.29. The lowest BCUT2D eigenvalue weighted by Gasteiger charge is -2.33. The molecule has 1 amide bonds. The number of fused-ring (bicyclic) bond motifs is 3. The van der Waals surface area contributed by atoms with Crippen LogP contribution in [0.4, 0.5) is 0 Å². The Bertz CT molecular complexity index is 2200. The van der Waals surface area contributed by atoms with Crippen LogP contribution in [-0.2, 0) is 29.2 Å². The van der Waals surface area contributed by atoms with Gasteiger partial charge in [0.05, 0.1) is 36.3 Å². The minimum Gasteiger partial charge on any atom is -0.481 e. The van der Waals surface area contributed by atoms with Gasteiger partial charge in [-0.25, -0.2) is 9.97 Å². The summed E-state index contributed by atoms with van der Waals surface area (Å²) in [6.07, 6.45) is 1.37. The molecule has 1 saturated carbocycles. The summed E-state index contributed by atoms with van der Waals surface area (Å²) in [5, 5.41) is 20.7. The van der Waals surface area contributed by atoms with E-state index >= 15 is 0 Å². The van der Waals surface area contributed by atoms with E-state index in [4.69, 9.17) is 14.4 Å². The SMILES string of the molecule is Cc1c(-c2nc3cc(CN4CC5(C(=O)O)CC4C5)cc(C#N)c3o2)cccc1-c1cccc(-c2nc3c(s2)CN(C(=O)CN(C)C)C3)c1C. The highest BCUT2D eigenvalue weighted by Gasteiger charge is 2.59. The predicted molar refractivity (Wildman–Crippen MR) is 186 cm³/mol. The van der Waals surface area contributed by atoms with Gasteiger partial charge in [-0.1, -0.05) is 30.3 Å². The zero-order valence-electron chi connectivity index (χ0n) is 27.9. The molecule has 0 atom stereocenters. The third-order valence-corrected chi connectivity index (χ3v) is 11.6. The zero-order valence-corrected chi connectivity index (χ0v) is 28.7. The molecule has 5 aromatic rings. The molecule has 0 unspecified atom stereocenters. The number of carbonyl (C=O) groups excluding carboxylic acids is 1. The Balaban J connectivity index is 1.08. The maximum Gasteiger partial charge on any atom is 0.311 e. The molecule has 1 aliphatic carbocycles. The normalized spacial score (nSPS) is 19.8. The zero-order chi connectivity index (χ0) is 34.2. The minimum absolute atomic E-state index is 0.113. The van der Waals surface area contributed by atoms with Crippen molar-refractivity contribution in [3.63, 3.8) is 0 Å². The average molecular weight is 673 g/mol. The molecular formula is C38H36N6O4S. The molecule has 2 saturated heterocycles. The molecule has 9 rings (SSSR count). The molecule has 10 nitrogen and oxygen atoms in total. The number of nitriles is 1. The van der Waals surface area contributed by atoms with Crippen LogP contribution in [-0.4, -0.2) is 74.9 Å². The van der Waals surface area contributed by atoms with Gasteiger partial charge >= 0.3 is 5.97 Å². The summed E-state index contributed by atoms with van der Waals surface area (Å²) in [5.74, 6) is -0.148. The van der Waals surface area contributed by atoms with E-state index in [2.05, 4.69) is 49.1 Å². The van der Waals surface area contributed by atoms with Crippen molar-refractivity contribution < 1.29 is 19.1 Å². The lowest BCUT2D eigenvalue weighted by molar-refractivity contribution is -0.151. The number of carboxylic acids is 1. The van der Waals surface area contributed by atoms with Crippen LogP contribution in [0.2, 0.25) is 0 Å². The Kier molecular flexibility index (Phi) is 7.44. The number of aliphatic carboxylic acids is 1. The van der Waals surface area contributed by atoms with Gasteiger partial charge in [-0.2, -0.15) is 5.26 Å². The van der Waals surface area contributed by atoms with Crippen molar-refractivity contribution >= 4 is 34.3 Å². The third kappa shape index (κ3) is 5.22. The van der Waals surface area contributed by atoms with Gasteiger partial charge in [-0.3, -0.25) is 14.5 Å². The summed E-state index contributed by atoms with van der Waals surface area (Å²) in [7, 11) is 3.80. The number of carbonyl (C=O) groups is 2. The van der Waals surface area contributed by atoms with Crippen LogP contribution in [0.3, 0.4) is 0 Å². The molecule has 248 valence electrons. The van der Waals surface area contributed by atoms with Crippen molar-refractivity contribution in [2.45, 2.75) is 52.4 Å². The fourth-order valence-electron chi connectivity index (χ4n) is 7.81. The van der Waals surface area contributed by atoms with Gasteiger partial charge in [0.15, 0.2) is 5.58 Å². The van der Waals surface area contributed by atoms with Crippen LogP contribution in [0.5, 0.6) is 0 Å². The largest absolute Gasteiger partial charge is 0.481 e. The van der Waals surface area contributed by atoms with Gasteiger partial charge in [-0.05, 0) is 86.8 Å². The Hall–Kier alpha value is -4.89. The molecule has 5 heterocycles. The first-order valence-corrected chi connectivity index (χ1v) is 17.3. The Morgan fingerprint density at radius 1 is 1.04 bits per heavy atom. The maximum absolute atomic E-state index is 12.6. The number of carboxylic acid groups (broad SMARTS) is 1. The number of hydrogen-bond acceptors (Lipinski definition) is 9. The van der Waals surface area contributed by atoms with Crippen LogP contribution in [0.25, 0.3) is 44.3 Å². The van der Waals surface area contributed by atoms with E-state index in [1.54, 1.807) is 11.3 Å². The van der Waals surface area contributed by atoms with Gasteiger partial charge in [0, 0.05) is 35.1 Å². The molecule has 3 aliphatic heterocycles. The number of likely N-dealkylation sites (N-methyl/N-ethyl adjacent to an activating group) is 1. The molecule has 3 fully saturated rings. The van der Waals surface area contributed by atoms with Crippen molar-refractivity contribution in [3.05, 3.63) is 81.4 Å². The summed E-state index contributed by atoms with van der Waals surface area (Å²) in [6.45, 7) is 6.83. The summed E-state index contributed by atoms with van der Waals surface area (Å²) in [6, 6.07) is 18.7. The minimum atomic E-state index is -0.715. The standard InChI is InChI=1S/C38H36N6O4S/c1-21-26(27-8-6-10-29(22(27)2)36-41-31-17-43(18-32(31)49-36)33(45)19-42(3)4)7-5-9-28(21)35-40-30-12-23(11-24(15-39)34(30)48-35)16-44-20-38(37(46)47)13-25(44)14-38/h5-12,25H,13-14,16-20H2,1-4H3,(H,46,47).